The van der Waals surface area contributed by atoms with Crippen LogP contribution in [0.2, 0.25) is 0 Å². The highest BCUT2D eigenvalue weighted by molar-refractivity contribution is 7.89. The van der Waals surface area contributed by atoms with Crippen molar-refractivity contribution in [2.24, 2.45) is 0 Å². The number of hydrogen-bond donors (Lipinski definition) is 2. The van der Waals surface area contributed by atoms with Crippen LogP contribution in [0.5, 0.6) is 0 Å². The Morgan fingerprint density at radius 1 is 1.00 bits per heavy atom. The molecule has 8 nitrogen and oxygen atoms in total. The fraction of sp³-hybridized carbons (Fsp3) is 0.412. The molecule has 3 aromatic carbocycles. The van der Waals surface area contributed by atoms with Gasteiger partial charge < -0.3 is 15.5 Å². The number of aryl methyl sites for hydroxylation is 3. The fourth-order valence-corrected chi connectivity index (χ4v) is 7.60. The molecular weight excluding hydrogens is 556 g/mol. The second-order valence-corrected chi connectivity index (χ2v) is 13.3. The number of nitriles is 2. The van der Waals surface area contributed by atoms with E-state index < -0.39 is 10.0 Å². The van der Waals surface area contributed by atoms with Gasteiger partial charge in [0.05, 0.1) is 27.4 Å². The normalized spacial score (nSPS) is 16.3. The Morgan fingerprint density at radius 3 is 2.44 bits per heavy atom. The van der Waals surface area contributed by atoms with Gasteiger partial charge in [0.2, 0.25) is 10.0 Å². The summed E-state index contributed by atoms with van der Waals surface area (Å²) in [7, 11) is -3.74. The molecule has 1 aliphatic rings. The maximum absolute atomic E-state index is 14.0. The molecule has 1 aliphatic heterocycles. The molecule has 0 spiro atoms. The van der Waals surface area contributed by atoms with Crippen molar-refractivity contribution in [2.75, 3.05) is 36.4 Å². The molecule has 0 bridgehead atoms. The van der Waals surface area contributed by atoms with E-state index in [2.05, 4.69) is 47.6 Å². The van der Waals surface area contributed by atoms with Crippen molar-refractivity contribution >= 4 is 21.4 Å². The molecule has 1 fully saturated rings. The van der Waals surface area contributed by atoms with Crippen LogP contribution in [0.15, 0.2) is 59.5 Å². The molecule has 2 atom stereocenters. The predicted octanol–water partition coefficient (Wildman–Crippen LogP) is 5.49. The van der Waals surface area contributed by atoms with E-state index in [-0.39, 0.29) is 12.1 Å². The van der Waals surface area contributed by atoms with E-state index in [1.807, 2.05) is 63.2 Å². The van der Waals surface area contributed by atoms with E-state index in [0.717, 1.165) is 46.5 Å². The maximum atomic E-state index is 14.0. The Labute approximate surface area is 257 Å². The molecular formula is C34H42N6O2S. The fourth-order valence-electron chi connectivity index (χ4n) is 5.73. The van der Waals surface area contributed by atoms with Crippen LogP contribution in [0.4, 0.5) is 11.4 Å². The monoisotopic (exact) mass is 598 g/mol. The molecule has 0 radical (unpaired) electrons. The summed E-state index contributed by atoms with van der Waals surface area (Å²) in [5, 5.41) is 25.9. The minimum atomic E-state index is -3.74. The summed E-state index contributed by atoms with van der Waals surface area (Å²) in [5.41, 5.74) is 6.75. The molecule has 0 aromatic heterocycles. The third-order valence-corrected chi connectivity index (χ3v) is 10.3. The topological polar surface area (TPSA) is 112 Å². The highest BCUT2D eigenvalue weighted by atomic mass is 32.2. The zero-order valence-electron chi connectivity index (χ0n) is 25.8. The lowest BCUT2D eigenvalue weighted by atomic mass is 10.0. The molecule has 1 heterocycles. The van der Waals surface area contributed by atoms with Gasteiger partial charge >= 0.3 is 0 Å². The minimum Gasteiger partial charge on any atom is -0.382 e. The van der Waals surface area contributed by atoms with Crippen LogP contribution in [-0.4, -0.2) is 51.0 Å². The summed E-state index contributed by atoms with van der Waals surface area (Å²) < 4.78 is 29.6. The van der Waals surface area contributed by atoms with Crippen molar-refractivity contribution in [3.63, 3.8) is 0 Å². The Bertz CT molecular complexity index is 1640. The van der Waals surface area contributed by atoms with Crippen molar-refractivity contribution in [2.45, 2.75) is 71.0 Å². The van der Waals surface area contributed by atoms with E-state index >= 15 is 0 Å². The van der Waals surface area contributed by atoms with Gasteiger partial charge in [-0.1, -0.05) is 37.6 Å². The second kappa shape index (κ2) is 14.1. The number of nitrogens with one attached hydrogen (secondary N) is 2. The summed E-state index contributed by atoms with van der Waals surface area (Å²) in [6.45, 7) is 12.5. The van der Waals surface area contributed by atoms with Gasteiger partial charge in [-0.15, -0.1) is 0 Å². The molecule has 4 rings (SSSR count). The van der Waals surface area contributed by atoms with E-state index in [1.54, 1.807) is 10.4 Å². The maximum Gasteiger partial charge on any atom is 0.243 e. The number of hydrogen-bond acceptors (Lipinski definition) is 7. The average Bonchev–Trinajstić information content (AvgIpc) is 2.99. The summed E-state index contributed by atoms with van der Waals surface area (Å²) >= 11 is 0. The molecule has 0 amide bonds. The first kappa shape index (κ1) is 32.0. The lowest BCUT2D eigenvalue weighted by Gasteiger charge is -2.40. The van der Waals surface area contributed by atoms with Gasteiger partial charge in [-0.3, -0.25) is 0 Å². The molecule has 0 saturated carbocycles. The summed E-state index contributed by atoms with van der Waals surface area (Å²) in [6.07, 6.45) is 1.94. The molecule has 2 N–H and O–H groups in total. The molecule has 0 unspecified atom stereocenters. The predicted molar refractivity (Wildman–Crippen MR) is 173 cm³/mol. The summed E-state index contributed by atoms with van der Waals surface area (Å²) in [4.78, 5) is 2.47. The number of para-hydroxylation sites is 1. The smallest absolute Gasteiger partial charge is 0.243 e. The van der Waals surface area contributed by atoms with Crippen LogP contribution in [-0.2, 0) is 23.0 Å². The van der Waals surface area contributed by atoms with Crippen molar-refractivity contribution < 1.29 is 8.42 Å². The van der Waals surface area contributed by atoms with Crippen molar-refractivity contribution in [3.8, 4) is 12.1 Å². The minimum absolute atomic E-state index is 0.0787. The van der Waals surface area contributed by atoms with Crippen LogP contribution in [0, 0.1) is 36.5 Å². The Balaban J connectivity index is 1.45. The first-order valence-electron chi connectivity index (χ1n) is 14.9. The van der Waals surface area contributed by atoms with Crippen LogP contribution in [0.25, 0.3) is 0 Å². The van der Waals surface area contributed by atoms with Crippen molar-refractivity contribution in [1.82, 2.24) is 9.62 Å². The number of nitrogens with zero attached hydrogens (tertiary/aromatic N) is 4. The highest BCUT2D eigenvalue weighted by Gasteiger charge is 2.35. The Morgan fingerprint density at radius 2 is 1.74 bits per heavy atom. The lowest BCUT2D eigenvalue weighted by Crippen LogP contribution is -2.54. The summed E-state index contributed by atoms with van der Waals surface area (Å²) in [5.74, 6) is 0. The number of piperazine rings is 1. The van der Waals surface area contributed by atoms with Crippen LogP contribution in [0.3, 0.4) is 0 Å². The van der Waals surface area contributed by atoms with Gasteiger partial charge in [0.25, 0.3) is 0 Å². The number of sulfonamides is 1. The number of rotatable bonds is 11. The quantitative estimate of drug-likeness (QED) is 0.300. The van der Waals surface area contributed by atoms with Crippen molar-refractivity contribution in [3.05, 3.63) is 88.0 Å². The third-order valence-electron chi connectivity index (χ3n) is 8.13. The standard InChI is InChI=1S/C34H42N6O2S/c1-6-9-28-12-13-33(30(17-28)20-36)39-14-15-40(27(5)23-39)43(41,42)34-18-31(24(2)16-25(34)3)22-37-26(4)21-38-32-11-8-7-10-29(32)19-35/h7-8,10-13,16-18,26-27,37-38H,6,9,14-15,21-23H2,1-5H3/t26-,27-/m0/s1. The zero-order chi connectivity index (χ0) is 31.1. The molecule has 3 aromatic rings. The molecule has 43 heavy (non-hydrogen) atoms. The van der Waals surface area contributed by atoms with Gasteiger partial charge in [-0.2, -0.15) is 14.8 Å². The van der Waals surface area contributed by atoms with E-state index in [0.29, 0.717) is 48.7 Å². The van der Waals surface area contributed by atoms with Crippen LogP contribution in [0.1, 0.15) is 60.6 Å². The van der Waals surface area contributed by atoms with Gasteiger partial charge in [-0.25, -0.2) is 8.42 Å². The summed E-state index contributed by atoms with van der Waals surface area (Å²) in [6, 6.07) is 21.6. The van der Waals surface area contributed by atoms with Gasteiger partial charge in [-0.05, 0) is 86.7 Å². The molecule has 226 valence electrons. The van der Waals surface area contributed by atoms with Crippen molar-refractivity contribution in [1.29, 1.82) is 10.5 Å². The van der Waals surface area contributed by atoms with Crippen LogP contribution >= 0.6 is 0 Å². The Kier molecular flexibility index (Phi) is 10.5. The molecule has 9 heteroatoms. The van der Waals surface area contributed by atoms with Gasteiger partial charge in [0.1, 0.15) is 12.1 Å². The van der Waals surface area contributed by atoms with Gasteiger partial charge in [0, 0.05) is 44.8 Å². The number of anilines is 2. The SMILES string of the molecule is CCCc1ccc(N2CCN(S(=O)(=O)c3cc(CN[C@@H](C)CNc4ccccc4C#N)c(C)cc3C)[C@@H](C)C2)c(C#N)c1. The molecule has 1 saturated heterocycles. The lowest BCUT2D eigenvalue weighted by molar-refractivity contribution is 0.306. The first-order valence-corrected chi connectivity index (χ1v) is 16.4. The number of benzene rings is 3. The average molecular weight is 599 g/mol. The van der Waals surface area contributed by atoms with E-state index in [1.165, 1.54) is 0 Å². The van der Waals surface area contributed by atoms with E-state index in [4.69, 9.17) is 0 Å². The van der Waals surface area contributed by atoms with Crippen LogP contribution < -0.4 is 15.5 Å². The second-order valence-electron chi connectivity index (χ2n) is 11.5. The van der Waals surface area contributed by atoms with Gasteiger partial charge in [0.15, 0.2) is 0 Å². The third kappa shape index (κ3) is 7.37. The Hall–Kier alpha value is -3.89. The molecule has 0 aliphatic carbocycles. The van der Waals surface area contributed by atoms with E-state index in [9.17, 15) is 18.9 Å². The largest absolute Gasteiger partial charge is 0.382 e. The zero-order valence-corrected chi connectivity index (χ0v) is 26.6. The highest BCUT2D eigenvalue weighted by Crippen LogP contribution is 2.30. The first-order chi connectivity index (χ1) is 20.6.